The molecule has 0 spiro atoms. The maximum absolute atomic E-state index is 11.9. The lowest BCUT2D eigenvalue weighted by Crippen LogP contribution is -2.45. The van der Waals surface area contributed by atoms with Gasteiger partial charge in [-0.25, -0.2) is 0 Å². The quantitative estimate of drug-likeness (QED) is 0.732. The first-order chi connectivity index (χ1) is 8.46. The van der Waals surface area contributed by atoms with Crippen LogP contribution in [-0.4, -0.2) is 43.4 Å². The lowest BCUT2D eigenvalue weighted by molar-refractivity contribution is -0.140. The van der Waals surface area contributed by atoms with Gasteiger partial charge >= 0.3 is 0 Å². The van der Waals surface area contributed by atoms with E-state index in [4.69, 9.17) is 9.47 Å². The summed E-state index contributed by atoms with van der Waals surface area (Å²) in [7, 11) is 0. The Morgan fingerprint density at radius 1 is 1.56 bits per heavy atom. The van der Waals surface area contributed by atoms with Gasteiger partial charge in [-0.05, 0) is 20.3 Å². The molecule has 0 radical (unpaired) electrons. The van der Waals surface area contributed by atoms with Crippen LogP contribution in [0.5, 0.6) is 0 Å². The summed E-state index contributed by atoms with van der Waals surface area (Å²) in [6.45, 7) is 5.08. The first-order valence-corrected chi connectivity index (χ1v) is 6.32. The molecular formula is C12H20N2O4. The summed E-state index contributed by atoms with van der Waals surface area (Å²) in [6.07, 6.45) is 0.946. The molecule has 0 aliphatic carbocycles. The number of nitrogens with one attached hydrogen (secondary N) is 2. The summed E-state index contributed by atoms with van der Waals surface area (Å²) < 4.78 is 11.0. The molecule has 0 saturated carbocycles. The number of carbonyl (C=O) groups is 2. The van der Waals surface area contributed by atoms with Crippen LogP contribution in [0.2, 0.25) is 0 Å². The van der Waals surface area contributed by atoms with E-state index < -0.39 is 5.79 Å². The molecule has 2 heterocycles. The van der Waals surface area contributed by atoms with Gasteiger partial charge in [0.25, 0.3) is 0 Å². The molecule has 2 fully saturated rings. The molecule has 2 aliphatic heterocycles. The SMILES string of the molecule is CC1(C)OCC(CNC(=O)C2CCC(=O)NC2)O1. The molecule has 0 bridgehead atoms. The van der Waals surface area contributed by atoms with Crippen LogP contribution in [0.4, 0.5) is 0 Å². The molecule has 2 amide bonds. The maximum Gasteiger partial charge on any atom is 0.224 e. The van der Waals surface area contributed by atoms with Gasteiger partial charge in [-0.2, -0.15) is 0 Å². The minimum Gasteiger partial charge on any atom is -0.355 e. The molecule has 2 saturated heterocycles. The first-order valence-electron chi connectivity index (χ1n) is 6.32. The second-order valence-corrected chi connectivity index (χ2v) is 5.24. The van der Waals surface area contributed by atoms with Gasteiger partial charge < -0.3 is 20.1 Å². The summed E-state index contributed by atoms with van der Waals surface area (Å²) in [5, 5.41) is 5.55. The molecule has 6 nitrogen and oxygen atoms in total. The van der Waals surface area contributed by atoms with Gasteiger partial charge in [-0.15, -0.1) is 0 Å². The topological polar surface area (TPSA) is 76.7 Å². The van der Waals surface area contributed by atoms with Gasteiger partial charge in [-0.1, -0.05) is 0 Å². The van der Waals surface area contributed by atoms with E-state index in [2.05, 4.69) is 10.6 Å². The molecule has 2 atom stereocenters. The largest absolute Gasteiger partial charge is 0.355 e. The minimum absolute atomic E-state index is 0.0216. The Kier molecular flexibility index (Phi) is 3.87. The number of hydrogen-bond donors (Lipinski definition) is 2. The zero-order valence-electron chi connectivity index (χ0n) is 10.8. The fourth-order valence-corrected chi connectivity index (χ4v) is 2.18. The van der Waals surface area contributed by atoms with Crippen LogP contribution in [0.3, 0.4) is 0 Å². The molecule has 0 aromatic carbocycles. The highest BCUT2D eigenvalue weighted by molar-refractivity contribution is 5.83. The molecule has 0 aromatic rings. The van der Waals surface area contributed by atoms with Gasteiger partial charge in [0.05, 0.1) is 12.5 Å². The molecule has 2 aliphatic rings. The van der Waals surface area contributed by atoms with Crippen molar-refractivity contribution in [3.05, 3.63) is 0 Å². The maximum atomic E-state index is 11.9. The minimum atomic E-state index is -0.561. The van der Waals surface area contributed by atoms with E-state index in [1.807, 2.05) is 13.8 Å². The van der Waals surface area contributed by atoms with Crippen molar-refractivity contribution in [3.8, 4) is 0 Å². The number of ether oxygens (including phenoxy) is 2. The number of carbonyl (C=O) groups excluding carboxylic acids is 2. The average Bonchev–Trinajstić information content (AvgIpc) is 2.67. The van der Waals surface area contributed by atoms with Crippen LogP contribution in [0.15, 0.2) is 0 Å². The van der Waals surface area contributed by atoms with E-state index in [-0.39, 0.29) is 23.8 Å². The van der Waals surface area contributed by atoms with E-state index >= 15 is 0 Å². The Morgan fingerprint density at radius 3 is 2.89 bits per heavy atom. The van der Waals surface area contributed by atoms with Crippen LogP contribution in [0, 0.1) is 5.92 Å². The first kappa shape index (κ1) is 13.3. The zero-order valence-corrected chi connectivity index (χ0v) is 10.8. The second-order valence-electron chi connectivity index (χ2n) is 5.24. The van der Waals surface area contributed by atoms with Crippen LogP contribution in [0.25, 0.3) is 0 Å². The molecule has 102 valence electrons. The fourth-order valence-electron chi connectivity index (χ4n) is 2.18. The van der Waals surface area contributed by atoms with E-state index in [1.165, 1.54) is 0 Å². The Bertz CT molecular complexity index is 333. The summed E-state index contributed by atoms with van der Waals surface area (Å²) in [6, 6.07) is 0. The van der Waals surface area contributed by atoms with Crippen LogP contribution in [0.1, 0.15) is 26.7 Å². The van der Waals surface area contributed by atoms with Crippen LogP contribution < -0.4 is 10.6 Å². The highest BCUT2D eigenvalue weighted by Crippen LogP contribution is 2.21. The molecule has 2 rings (SSSR count). The smallest absolute Gasteiger partial charge is 0.224 e. The Balaban J connectivity index is 1.70. The third-order valence-corrected chi connectivity index (χ3v) is 3.21. The van der Waals surface area contributed by atoms with Gasteiger partial charge in [0, 0.05) is 19.5 Å². The summed E-state index contributed by atoms with van der Waals surface area (Å²) in [5.74, 6) is -0.691. The molecule has 0 aromatic heterocycles. The van der Waals surface area contributed by atoms with Crippen molar-refractivity contribution in [2.75, 3.05) is 19.7 Å². The molecule has 18 heavy (non-hydrogen) atoms. The highest BCUT2D eigenvalue weighted by atomic mass is 16.7. The number of hydrogen-bond acceptors (Lipinski definition) is 4. The summed E-state index contributed by atoms with van der Waals surface area (Å²) >= 11 is 0. The summed E-state index contributed by atoms with van der Waals surface area (Å²) in [4.78, 5) is 22.9. The van der Waals surface area contributed by atoms with Crippen LogP contribution in [-0.2, 0) is 19.1 Å². The number of amides is 2. The van der Waals surface area contributed by atoms with Crippen molar-refractivity contribution in [2.24, 2.45) is 5.92 Å². The molecule has 2 N–H and O–H groups in total. The molecular weight excluding hydrogens is 236 g/mol. The van der Waals surface area contributed by atoms with Crippen molar-refractivity contribution < 1.29 is 19.1 Å². The third-order valence-electron chi connectivity index (χ3n) is 3.21. The van der Waals surface area contributed by atoms with E-state index in [9.17, 15) is 9.59 Å². The number of rotatable bonds is 3. The van der Waals surface area contributed by atoms with Crippen molar-refractivity contribution >= 4 is 11.8 Å². The second kappa shape index (κ2) is 5.24. The lowest BCUT2D eigenvalue weighted by Gasteiger charge is -2.22. The predicted molar refractivity (Wildman–Crippen MR) is 63.6 cm³/mol. The van der Waals surface area contributed by atoms with Gasteiger partial charge in [0.2, 0.25) is 11.8 Å². The van der Waals surface area contributed by atoms with Crippen molar-refractivity contribution in [1.82, 2.24) is 10.6 Å². The van der Waals surface area contributed by atoms with Gasteiger partial charge in [0.15, 0.2) is 5.79 Å². The highest BCUT2D eigenvalue weighted by Gasteiger charge is 2.33. The monoisotopic (exact) mass is 256 g/mol. The van der Waals surface area contributed by atoms with Gasteiger partial charge in [0.1, 0.15) is 6.10 Å². The zero-order chi connectivity index (χ0) is 13.2. The fraction of sp³-hybridized carbons (Fsp3) is 0.833. The molecule has 2 unspecified atom stereocenters. The average molecular weight is 256 g/mol. The lowest BCUT2D eigenvalue weighted by atomic mass is 9.98. The third kappa shape index (κ3) is 3.43. The van der Waals surface area contributed by atoms with Gasteiger partial charge in [-0.3, -0.25) is 9.59 Å². The standard InChI is InChI=1S/C12H20N2O4/c1-12(2)17-7-9(18-12)6-14-11(16)8-3-4-10(15)13-5-8/h8-9H,3-7H2,1-2H3,(H,13,15)(H,14,16). The Hall–Kier alpha value is -1.14. The molecule has 6 heteroatoms. The van der Waals surface area contributed by atoms with Crippen molar-refractivity contribution in [1.29, 1.82) is 0 Å². The Labute approximate surface area is 106 Å². The van der Waals surface area contributed by atoms with E-state index in [1.54, 1.807) is 0 Å². The van der Waals surface area contributed by atoms with Crippen molar-refractivity contribution in [2.45, 2.75) is 38.6 Å². The predicted octanol–water partition coefficient (Wildman–Crippen LogP) is -0.220. The number of piperidine rings is 1. The normalized spacial score (nSPS) is 30.9. The van der Waals surface area contributed by atoms with E-state index in [0.717, 1.165) is 0 Å². The van der Waals surface area contributed by atoms with Crippen LogP contribution >= 0.6 is 0 Å². The Morgan fingerprint density at radius 2 is 2.33 bits per heavy atom. The summed E-state index contributed by atoms with van der Waals surface area (Å²) in [5.41, 5.74) is 0. The van der Waals surface area contributed by atoms with E-state index in [0.29, 0.717) is 32.5 Å². The van der Waals surface area contributed by atoms with Crippen molar-refractivity contribution in [3.63, 3.8) is 0 Å².